The van der Waals surface area contributed by atoms with Crippen molar-refractivity contribution >= 4 is 62.8 Å². The van der Waals surface area contributed by atoms with E-state index in [2.05, 4.69) is 31.8 Å². The maximum Gasteiger partial charge on any atom is 0.186 e. The maximum atomic E-state index is 5.87. The lowest BCUT2D eigenvalue weighted by molar-refractivity contribution is 0.466. The summed E-state index contributed by atoms with van der Waals surface area (Å²) in [6, 6.07) is 9.40. The lowest BCUT2D eigenvalue weighted by Gasteiger charge is -2.01. The summed E-state index contributed by atoms with van der Waals surface area (Å²) in [6.07, 6.45) is 1.57. The highest BCUT2D eigenvalue weighted by molar-refractivity contribution is 9.10. The molecule has 0 aliphatic heterocycles. The van der Waals surface area contributed by atoms with Gasteiger partial charge in [-0.3, -0.25) is 5.43 Å². The predicted octanol–water partition coefficient (Wildman–Crippen LogP) is 4.66. The van der Waals surface area contributed by atoms with E-state index in [0.717, 1.165) is 21.0 Å². The van der Waals surface area contributed by atoms with Crippen molar-refractivity contribution in [3.05, 3.63) is 45.6 Å². The minimum Gasteiger partial charge on any atom is -0.447 e. The van der Waals surface area contributed by atoms with E-state index in [1.54, 1.807) is 6.21 Å². The Hall–Kier alpha value is -1.02. The Kier molecular flexibility index (Phi) is 6.75. The number of hydrogen-bond donors (Lipinski definition) is 2. The smallest absolute Gasteiger partial charge is 0.186 e. The van der Waals surface area contributed by atoms with Crippen LogP contribution in [0.15, 0.2) is 54.3 Å². The van der Waals surface area contributed by atoms with E-state index >= 15 is 0 Å². The second kappa shape index (κ2) is 8.57. The monoisotopic (exact) mass is 417 g/mol. The maximum absolute atomic E-state index is 5.87. The minimum atomic E-state index is 0.472. The summed E-state index contributed by atoms with van der Waals surface area (Å²) in [5, 5.41) is 8.88. The lowest BCUT2D eigenvalue weighted by atomic mass is 10.4. The SMILES string of the molecule is CCNC(=S)NN=Cc1cc(Br)c(Sc2ccc(Cl)cc2)o1. The fourth-order valence-electron chi connectivity index (χ4n) is 1.47. The van der Waals surface area contributed by atoms with Gasteiger partial charge in [0.15, 0.2) is 10.2 Å². The van der Waals surface area contributed by atoms with Gasteiger partial charge in [0.1, 0.15) is 5.76 Å². The average Bonchev–Trinajstić information content (AvgIpc) is 2.82. The zero-order valence-corrected chi connectivity index (χ0v) is 15.6. The molecule has 0 aliphatic carbocycles. The standard InChI is InChI=1S/C14H13BrClN3OS2/c1-2-17-14(21)19-18-8-10-7-12(15)13(20-10)22-11-5-3-9(16)4-6-11/h3-8H,2H2,1H3,(H2,17,19,21). The van der Waals surface area contributed by atoms with Gasteiger partial charge in [0.2, 0.25) is 0 Å². The number of rotatable bonds is 5. The van der Waals surface area contributed by atoms with Crippen molar-refractivity contribution in [2.75, 3.05) is 6.54 Å². The Morgan fingerprint density at radius 2 is 2.18 bits per heavy atom. The number of hydrazone groups is 1. The van der Waals surface area contributed by atoms with Gasteiger partial charge in [0, 0.05) is 22.5 Å². The highest BCUT2D eigenvalue weighted by Crippen LogP contribution is 2.35. The Morgan fingerprint density at radius 3 is 2.86 bits per heavy atom. The molecule has 0 saturated heterocycles. The molecule has 0 saturated carbocycles. The molecule has 0 spiro atoms. The third-order valence-electron chi connectivity index (χ3n) is 2.39. The number of hydrogen-bond acceptors (Lipinski definition) is 4. The van der Waals surface area contributed by atoms with E-state index in [0.29, 0.717) is 15.9 Å². The van der Waals surface area contributed by atoms with Crippen LogP contribution in [0.2, 0.25) is 5.02 Å². The number of nitrogens with zero attached hydrogens (tertiary/aromatic N) is 1. The van der Waals surface area contributed by atoms with Gasteiger partial charge in [-0.25, -0.2) is 0 Å². The van der Waals surface area contributed by atoms with E-state index in [4.69, 9.17) is 28.2 Å². The quantitative estimate of drug-likeness (QED) is 0.420. The van der Waals surface area contributed by atoms with E-state index in [1.807, 2.05) is 37.3 Å². The normalized spacial score (nSPS) is 10.9. The molecule has 1 aromatic heterocycles. The summed E-state index contributed by atoms with van der Waals surface area (Å²) in [5.41, 5.74) is 2.71. The van der Waals surface area contributed by atoms with Gasteiger partial charge in [-0.2, -0.15) is 5.10 Å². The van der Waals surface area contributed by atoms with E-state index < -0.39 is 0 Å². The molecule has 0 atom stereocenters. The Bertz CT molecular complexity index is 673. The molecule has 116 valence electrons. The van der Waals surface area contributed by atoms with E-state index in [9.17, 15) is 0 Å². The Morgan fingerprint density at radius 1 is 1.45 bits per heavy atom. The fourth-order valence-corrected chi connectivity index (χ4v) is 3.12. The number of nitrogens with one attached hydrogen (secondary N) is 2. The summed E-state index contributed by atoms with van der Waals surface area (Å²) < 4.78 is 6.58. The van der Waals surface area contributed by atoms with Crippen molar-refractivity contribution in [2.24, 2.45) is 5.10 Å². The minimum absolute atomic E-state index is 0.472. The first kappa shape index (κ1) is 17.3. The van der Waals surface area contributed by atoms with Crippen LogP contribution in [0.3, 0.4) is 0 Å². The Labute approximate surface area is 151 Å². The van der Waals surface area contributed by atoms with E-state index in [1.165, 1.54) is 11.8 Å². The first-order valence-electron chi connectivity index (χ1n) is 6.38. The van der Waals surface area contributed by atoms with Crippen LogP contribution in [0, 0.1) is 0 Å². The number of thiocarbonyl (C=S) groups is 1. The number of furan rings is 1. The molecule has 0 fully saturated rings. The van der Waals surface area contributed by atoms with Crippen molar-refractivity contribution in [1.29, 1.82) is 0 Å². The first-order chi connectivity index (χ1) is 10.6. The van der Waals surface area contributed by atoms with Crippen molar-refractivity contribution in [3.8, 4) is 0 Å². The molecule has 0 aliphatic rings. The summed E-state index contributed by atoms with van der Waals surface area (Å²) >= 11 is 15.9. The molecule has 1 aromatic carbocycles. The molecule has 0 bridgehead atoms. The third kappa shape index (κ3) is 5.31. The average molecular weight is 419 g/mol. The molecular weight excluding hydrogens is 406 g/mol. The molecule has 0 radical (unpaired) electrons. The molecule has 2 N–H and O–H groups in total. The molecule has 4 nitrogen and oxygen atoms in total. The van der Waals surface area contributed by atoms with Crippen LogP contribution in [-0.4, -0.2) is 17.9 Å². The molecule has 0 unspecified atom stereocenters. The number of halogens is 2. The molecule has 1 heterocycles. The Balaban J connectivity index is 2.00. The van der Waals surface area contributed by atoms with Gasteiger partial charge in [-0.15, -0.1) is 0 Å². The number of benzene rings is 1. The van der Waals surface area contributed by atoms with Crippen LogP contribution in [0.4, 0.5) is 0 Å². The van der Waals surface area contributed by atoms with Gasteiger partial charge in [0.25, 0.3) is 0 Å². The highest BCUT2D eigenvalue weighted by Gasteiger charge is 2.09. The van der Waals surface area contributed by atoms with E-state index in [-0.39, 0.29) is 0 Å². The van der Waals surface area contributed by atoms with Crippen LogP contribution in [0.25, 0.3) is 0 Å². The van der Waals surface area contributed by atoms with Gasteiger partial charge in [-0.05, 0) is 59.3 Å². The van der Waals surface area contributed by atoms with Gasteiger partial charge in [0.05, 0.1) is 10.7 Å². The molecule has 2 aromatic rings. The molecule has 2 rings (SSSR count). The molecule has 22 heavy (non-hydrogen) atoms. The summed E-state index contributed by atoms with van der Waals surface area (Å²) in [6.45, 7) is 2.71. The lowest BCUT2D eigenvalue weighted by Crippen LogP contribution is -2.31. The topological polar surface area (TPSA) is 49.6 Å². The van der Waals surface area contributed by atoms with Crippen molar-refractivity contribution in [3.63, 3.8) is 0 Å². The van der Waals surface area contributed by atoms with Gasteiger partial charge in [-0.1, -0.05) is 23.4 Å². The van der Waals surface area contributed by atoms with Crippen LogP contribution in [-0.2, 0) is 0 Å². The third-order valence-corrected chi connectivity index (χ3v) is 4.73. The molecule has 0 amide bonds. The van der Waals surface area contributed by atoms with Crippen LogP contribution < -0.4 is 10.7 Å². The van der Waals surface area contributed by atoms with Gasteiger partial charge >= 0.3 is 0 Å². The highest BCUT2D eigenvalue weighted by atomic mass is 79.9. The van der Waals surface area contributed by atoms with Gasteiger partial charge < -0.3 is 9.73 Å². The van der Waals surface area contributed by atoms with Crippen molar-refractivity contribution in [1.82, 2.24) is 10.7 Å². The zero-order chi connectivity index (χ0) is 15.9. The molecule has 8 heteroatoms. The second-order valence-electron chi connectivity index (χ2n) is 4.07. The largest absolute Gasteiger partial charge is 0.447 e. The fraction of sp³-hybridized carbons (Fsp3) is 0.143. The van der Waals surface area contributed by atoms with Crippen molar-refractivity contribution < 1.29 is 4.42 Å². The molecular formula is C14H13BrClN3OS2. The van der Waals surface area contributed by atoms with Crippen LogP contribution in [0.5, 0.6) is 0 Å². The predicted molar refractivity (Wildman–Crippen MR) is 99.0 cm³/mol. The second-order valence-corrected chi connectivity index (χ2v) is 6.81. The van der Waals surface area contributed by atoms with Crippen molar-refractivity contribution in [2.45, 2.75) is 16.9 Å². The summed E-state index contributed by atoms with van der Waals surface area (Å²) in [5.74, 6) is 0.620. The summed E-state index contributed by atoms with van der Waals surface area (Å²) in [4.78, 5) is 1.04. The van der Waals surface area contributed by atoms with Crippen LogP contribution in [0.1, 0.15) is 12.7 Å². The zero-order valence-electron chi connectivity index (χ0n) is 11.6. The first-order valence-corrected chi connectivity index (χ1v) is 8.77. The van der Waals surface area contributed by atoms with Crippen LogP contribution >= 0.6 is 51.5 Å². The summed E-state index contributed by atoms with van der Waals surface area (Å²) in [7, 11) is 0.